The maximum Gasteiger partial charge on any atom is 0.250 e. The summed E-state index contributed by atoms with van der Waals surface area (Å²) < 4.78 is 2.12. The molecule has 0 spiro atoms. The second-order valence-electron chi connectivity index (χ2n) is 7.09. The van der Waals surface area contributed by atoms with Crippen LogP contribution in [0, 0.1) is 0 Å². The number of hydrogen-bond donors (Lipinski definition) is 1. The van der Waals surface area contributed by atoms with E-state index in [0.717, 1.165) is 39.6 Å². The molecule has 0 saturated heterocycles. The zero-order chi connectivity index (χ0) is 21.6. The average molecular weight is 429 g/mol. The lowest BCUT2D eigenvalue weighted by molar-refractivity contribution is -0.118. The van der Waals surface area contributed by atoms with E-state index >= 15 is 0 Å². The van der Waals surface area contributed by atoms with Crippen LogP contribution in [0.4, 0.5) is 0 Å². The maximum absolute atomic E-state index is 12.3. The molecule has 0 radical (unpaired) electrons. The number of aromatic nitrogens is 2. The Morgan fingerprint density at radius 1 is 0.968 bits per heavy atom. The number of aryl methyl sites for hydroxylation is 1. The van der Waals surface area contributed by atoms with Crippen LogP contribution in [0.3, 0.4) is 0 Å². The Bertz CT molecular complexity index is 1210. The normalized spacial score (nSPS) is 11.6. The van der Waals surface area contributed by atoms with Crippen molar-refractivity contribution in [2.45, 2.75) is 25.5 Å². The van der Waals surface area contributed by atoms with E-state index in [2.05, 4.69) is 51.3 Å². The monoisotopic (exact) mass is 428 g/mol. The van der Waals surface area contributed by atoms with Gasteiger partial charge in [0.2, 0.25) is 0 Å². The maximum atomic E-state index is 12.3. The van der Waals surface area contributed by atoms with Gasteiger partial charge in [-0.25, -0.2) is 10.4 Å². The number of hydrazone groups is 1. The van der Waals surface area contributed by atoms with Gasteiger partial charge in [0.15, 0.2) is 5.16 Å². The molecule has 4 aromatic rings. The summed E-state index contributed by atoms with van der Waals surface area (Å²) in [6.45, 7) is 4.77. The molecule has 1 heterocycles. The molecule has 0 bridgehead atoms. The lowest BCUT2D eigenvalue weighted by Crippen LogP contribution is -2.21. The molecule has 0 aliphatic carbocycles. The van der Waals surface area contributed by atoms with Crippen LogP contribution in [0.25, 0.3) is 22.2 Å². The van der Waals surface area contributed by atoms with E-state index < -0.39 is 0 Å². The van der Waals surface area contributed by atoms with Crippen molar-refractivity contribution in [2.75, 3.05) is 5.75 Å². The SMILES string of the molecule is CCn1c(SCC(=O)N/N=C(\C)c2ccc(-c3ccccc3)cc2)nc2ccccc21. The Balaban J connectivity index is 1.37. The zero-order valence-electron chi connectivity index (χ0n) is 17.6. The molecule has 4 rings (SSSR count). The zero-order valence-corrected chi connectivity index (χ0v) is 18.4. The number of nitrogens with zero attached hydrogens (tertiary/aromatic N) is 3. The smallest absolute Gasteiger partial charge is 0.250 e. The number of benzene rings is 3. The van der Waals surface area contributed by atoms with Crippen molar-refractivity contribution in [3.05, 3.63) is 84.4 Å². The van der Waals surface area contributed by atoms with E-state index in [1.54, 1.807) is 0 Å². The quantitative estimate of drug-likeness (QED) is 0.245. The van der Waals surface area contributed by atoms with Crippen molar-refractivity contribution >= 4 is 34.4 Å². The summed E-state index contributed by atoms with van der Waals surface area (Å²) in [5.74, 6) is 0.104. The van der Waals surface area contributed by atoms with E-state index in [1.165, 1.54) is 17.3 Å². The van der Waals surface area contributed by atoms with Gasteiger partial charge in [0, 0.05) is 6.54 Å². The lowest BCUT2D eigenvalue weighted by Gasteiger charge is -2.06. The van der Waals surface area contributed by atoms with Crippen molar-refractivity contribution in [1.82, 2.24) is 15.0 Å². The predicted octanol–water partition coefficient (Wildman–Crippen LogP) is 5.36. The Morgan fingerprint density at radius 3 is 2.39 bits per heavy atom. The molecule has 0 aliphatic rings. The number of amides is 1. The van der Waals surface area contributed by atoms with Gasteiger partial charge in [-0.05, 0) is 42.7 Å². The predicted molar refractivity (Wildman–Crippen MR) is 128 cm³/mol. The van der Waals surface area contributed by atoms with Crippen molar-refractivity contribution in [2.24, 2.45) is 5.10 Å². The third-order valence-electron chi connectivity index (χ3n) is 5.03. The third-order valence-corrected chi connectivity index (χ3v) is 6.00. The second kappa shape index (κ2) is 9.62. The van der Waals surface area contributed by atoms with Gasteiger partial charge >= 0.3 is 0 Å². The summed E-state index contributed by atoms with van der Waals surface area (Å²) in [5.41, 5.74) is 8.75. The number of para-hydroxylation sites is 2. The molecule has 0 fully saturated rings. The van der Waals surface area contributed by atoms with Crippen LogP contribution < -0.4 is 5.43 Å². The molecule has 1 amide bonds. The molecule has 0 atom stereocenters. The van der Waals surface area contributed by atoms with Crippen LogP contribution in [0.2, 0.25) is 0 Å². The minimum absolute atomic E-state index is 0.153. The molecule has 0 saturated carbocycles. The molecule has 1 aromatic heterocycles. The molecule has 0 unspecified atom stereocenters. The van der Waals surface area contributed by atoms with E-state index in [1.807, 2.05) is 61.5 Å². The Kier molecular flexibility index (Phi) is 6.48. The van der Waals surface area contributed by atoms with Gasteiger partial charge in [-0.3, -0.25) is 4.79 Å². The summed E-state index contributed by atoms with van der Waals surface area (Å²) in [5, 5.41) is 5.11. The molecule has 156 valence electrons. The Morgan fingerprint density at radius 2 is 1.65 bits per heavy atom. The van der Waals surface area contributed by atoms with Crippen molar-refractivity contribution < 1.29 is 4.79 Å². The van der Waals surface area contributed by atoms with Gasteiger partial charge in [-0.2, -0.15) is 5.10 Å². The highest BCUT2D eigenvalue weighted by atomic mass is 32.2. The molecule has 3 aromatic carbocycles. The van der Waals surface area contributed by atoms with Crippen LogP contribution in [0.1, 0.15) is 19.4 Å². The molecule has 5 nitrogen and oxygen atoms in total. The van der Waals surface area contributed by atoms with Crippen molar-refractivity contribution in [1.29, 1.82) is 0 Å². The second-order valence-corrected chi connectivity index (χ2v) is 8.03. The van der Waals surface area contributed by atoms with Crippen LogP contribution >= 0.6 is 11.8 Å². The Labute approximate surface area is 186 Å². The third kappa shape index (κ3) is 4.86. The van der Waals surface area contributed by atoms with Crippen molar-refractivity contribution in [3.8, 4) is 11.1 Å². The lowest BCUT2D eigenvalue weighted by atomic mass is 10.0. The number of carbonyl (C=O) groups excluding carboxylic acids is 1. The first kappa shape index (κ1) is 20.9. The highest BCUT2D eigenvalue weighted by Gasteiger charge is 2.11. The average Bonchev–Trinajstić information content (AvgIpc) is 3.19. The molecule has 6 heteroatoms. The van der Waals surface area contributed by atoms with Gasteiger partial charge < -0.3 is 4.57 Å². The minimum atomic E-state index is -0.153. The van der Waals surface area contributed by atoms with Gasteiger partial charge in [0.1, 0.15) is 0 Å². The van der Waals surface area contributed by atoms with Crippen LogP contribution in [-0.2, 0) is 11.3 Å². The van der Waals surface area contributed by atoms with Gasteiger partial charge in [0.05, 0.1) is 22.5 Å². The largest absolute Gasteiger partial charge is 0.319 e. The van der Waals surface area contributed by atoms with Crippen LogP contribution in [0.5, 0.6) is 0 Å². The number of rotatable bonds is 7. The number of carbonyl (C=O) groups is 1. The van der Waals surface area contributed by atoms with E-state index in [-0.39, 0.29) is 11.7 Å². The topological polar surface area (TPSA) is 59.3 Å². The highest BCUT2D eigenvalue weighted by molar-refractivity contribution is 7.99. The summed E-state index contributed by atoms with van der Waals surface area (Å²) in [6, 6.07) is 26.4. The first-order valence-electron chi connectivity index (χ1n) is 10.2. The number of fused-ring (bicyclic) bond motifs is 1. The molecule has 1 N–H and O–H groups in total. The van der Waals surface area contributed by atoms with E-state index in [9.17, 15) is 4.79 Å². The molecule has 0 aliphatic heterocycles. The van der Waals surface area contributed by atoms with E-state index in [4.69, 9.17) is 0 Å². The fraction of sp³-hybridized carbons (Fsp3) is 0.160. The minimum Gasteiger partial charge on any atom is -0.319 e. The number of thioether (sulfide) groups is 1. The highest BCUT2D eigenvalue weighted by Crippen LogP contribution is 2.24. The van der Waals surface area contributed by atoms with E-state index in [0.29, 0.717) is 0 Å². The number of hydrogen-bond acceptors (Lipinski definition) is 4. The van der Waals surface area contributed by atoms with Crippen molar-refractivity contribution in [3.63, 3.8) is 0 Å². The fourth-order valence-electron chi connectivity index (χ4n) is 3.38. The van der Waals surface area contributed by atoms with Gasteiger partial charge in [-0.15, -0.1) is 0 Å². The summed E-state index contributed by atoms with van der Waals surface area (Å²) in [4.78, 5) is 17.0. The van der Waals surface area contributed by atoms with Crippen LogP contribution in [-0.4, -0.2) is 26.9 Å². The fourth-order valence-corrected chi connectivity index (χ4v) is 4.25. The molecular formula is C25H24N4OS. The molecule has 31 heavy (non-hydrogen) atoms. The summed E-state index contributed by atoms with van der Waals surface area (Å²) in [7, 11) is 0. The molecular weight excluding hydrogens is 404 g/mol. The Hall–Kier alpha value is -3.38. The first-order valence-corrected chi connectivity index (χ1v) is 11.2. The summed E-state index contributed by atoms with van der Waals surface area (Å²) >= 11 is 1.42. The number of imidazole rings is 1. The number of nitrogens with one attached hydrogen (secondary N) is 1. The first-order chi connectivity index (χ1) is 15.2. The van der Waals surface area contributed by atoms with Gasteiger partial charge in [-0.1, -0.05) is 78.5 Å². The van der Waals surface area contributed by atoms with Gasteiger partial charge in [0.25, 0.3) is 5.91 Å². The van der Waals surface area contributed by atoms with Crippen LogP contribution in [0.15, 0.2) is 89.1 Å². The summed E-state index contributed by atoms with van der Waals surface area (Å²) in [6.07, 6.45) is 0. The standard InChI is InChI=1S/C25H24N4OS/c1-3-29-23-12-8-7-11-22(23)26-25(29)31-17-24(30)28-27-18(2)19-13-15-21(16-14-19)20-9-5-4-6-10-20/h4-16H,3,17H2,1-2H3,(H,28,30)/b27-18+.